The number of para-hydroxylation sites is 1. The molecule has 3 aromatic heterocycles. The minimum atomic E-state index is -0.278. The van der Waals surface area contributed by atoms with Crippen molar-refractivity contribution in [2.75, 3.05) is 0 Å². The molecule has 1 atom stereocenters. The molecule has 1 N–H and O–H groups in total. The smallest absolute Gasteiger partial charge is 0.252 e. The van der Waals surface area contributed by atoms with Crippen LogP contribution in [0.15, 0.2) is 51.9 Å². The van der Waals surface area contributed by atoms with Crippen molar-refractivity contribution in [1.82, 2.24) is 30.1 Å². The first-order valence-electron chi connectivity index (χ1n) is 11.3. The van der Waals surface area contributed by atoms with Crippen molar-refractivity contribution in [2.24, 2.45) is 5.92 Å². The molecule has 1 unspecified atom stereocenters. The number of aryl methyl sites for hydroxylation is 1. The third-order valence-corrected chi connectivity index (χ3v) is 5.90. The number of tetrazole rings is 1. The molecule has 0 fully saturated rings. The summed E-state index contributed by atoms with van der Waals surface area (Å²) >= 11 is 0. The fourth-order valence-corrected chi connectivity index (χ4v) is 4.36. The number of nitrogens with one attached hydrogen (secondary N) is 1. The highest BCUT2D eigenvalue weighted by Gasteiger charge is 2.33. The van der Waals surface area contributed by atoms with Crippen LogP contribution in [0.5, 0.6) is 0 Å². The highest BCUT2D eigenvalue weighted by molar-refractivity contribution is 5.81. The Balaban J connectivity index is 1.80. The molecule has 8 heteroatoms. The lowest BCUT2D eigenvalue weighted by Crippen LogP contribution is -2.37. The quantitative estimate of drug-likeness (QED) is 0.445. The number of hydrogen-bond donors (Lipinski definition) is 1. The normalized spacial score (nSPS) is 13.3. The topological polar surface area (TPSA) is 92.8 Å². The number of furan rings is 1. The molecule has 0 aliphatic rings. The number of pyridine rings is 1. The summed E-state index contributed by atoms with van der Waals surface area (Å²) in [6.45, 7) is 13.5. The predicted octanol–water partition coefficient (Wildman–Crippen LogP) is 4.57. The van der Waals surface area contributed by atoms with Gasteiger partial charge in [-0.15, -0.1) is 5.10 Å². The van der Waals surface area contributed by atoms with Gasteiger partial charge in [-0.3, -0.25) is 9.69 Å². The van der Waals surface area contributed by atoms with E-state index in [0.717, 1.165) is 28.1 Å². The molecule has 8 nitrogen and oxygen atoms in total. The zero-order valence-corrected chi connectivity index (χ0v) is 20.2. The van der Waals surface area contributed by atoms with Crippen molar-refractivity contribution in [1.29, 1.82) is 0 Å². The fraction of sp³-hybridized carbons (Fsp3) is 0.440. The lowest BCUT2D eigenvalue weighted by molar-refractivity contribution is 0.111. The first kappa shape index (κ1) is 22.9. The number of nitrogens with zero attached hydrogens (tertiary/aromatic N) is 5. The molecule has 3 heterocycles. The average molecular weight is 449 g/mol. The third kappa shape index (κ3) is 4.75. The first-order chi connectivity index (χ1) is 15.6. The monoisotopic (exact) mass is 448 g/mol. The highest BCUT2D eigenvalue weighted by atomic mass is 16.3. The number of benzene rings is 1. The molecule has 0 saturated carbocycles. The number of hydrogen-bond acceptors (Lipinski definition) is 6. The fourth-order valence-electron chi connectivity index (χ4n) is 4.36. The highest BCUT2D eigenvalue weighted by Crippen LogP contribution is 2.32. The summed E-state index contributed by atoms with van der Waals surface area (Å²) in [5, 5.41) is 13.7. The second kappa shape index (κ2) is 8.94. The van der Waals surface area contributed by atoms with E-state index in [1.165, 1.54) is 0 Å². The van der Waals surface area contributed by atoms with Gasteiger partial charge in [-0.1, -0.05) is 32.0 Å². The Kier molecular flexibility index (Phi) is 6.21. The lowest BCUT2D eigenvalue weighted by atomic mass is 9.98. The van der Waals surface area contributed by atoms with Gasteiger partial charge in [0.2, 0.25) is 0 Å². The second-order valence-electron chi connectivity index (χ2n) is 9.96. The van der Waals surface area contributed by atoms with Gasteiger partial charge in [-0.25, -0.2) is 4.68 Å². The van der Waals surface area contributed by atoms with Crippen LogP contribution in [-0.4, -0.2) is 30.1 Å². The Labute approximate surface area is 193 Å². The molecule has 4 aromatic rings. The maximum Gasteiger partial charge on any atom is 0.252 e. The van der Waals surface area contributed by atoms with E-state index < -0.39 is 0 Å². The minimum absolute atomic E-state index is 0.0841. The zero-order chi connectivity index (χ0) is 23.8. The maximum absolute atomic E-state index is 13.1. The van der Waals surface area contributed by atoms with Crippen molar-refractivity contribution in [3.63, 3.8) is 0 Å². The molecule has 0 spiro atoms. The molecular formula is C25H32N6O2. The van der Waals surface area contributed by atoms with Gasteiger partial charge in [0.1, 0.15) is 5.76 Å². The van der Waals surface area contributed by atoms with Crippen LogP contribution in [0.25, 0.3) is 10.9 Å². The van der Waals surface area contributed by atoms with Gasteiger partial charge in [0.15, 0.2) is 5.82 Å². The first-order valence-corrected chi connectivity index (χ1v) is 11.3. The van der Waals surface area contributed by atoms with E-state index in [2.05, 4.69) is 60.0 Å². The maximum atomic E-state index is 13.1. The van der Waals surface area contributed by atoms with Crippen molar-refractivity contribution in [3.05, 3.63) is 75.7 Å². The molecule has 0 aliphatic heterocycles. The molecule has 0 amide bonds. The zero-order valence-electron chi connectivity index (χ0n) is 20.2. The number of H-pyrrole nitrogens is 1. The van der Waals surface area contributed by atoms with Gasteiger partial charge in [0, 0.05) is 12.1 Å². The molecule has 4 rings (SSSR count). The van der Waals surface area contributed by atoms with E-state index in [0.29, 0.717) is 18.7 Å². The van der Waals surface area contributed by atoms with Crippen LogP contribution >= 0.6 is 0 Å². The van der Waals surface area contributed by atoms with Gasteiger partial charge >= 0.3 is 0 Å². The van der Waals surface area contributed by atoms with Crippen LogP contribution in [0.1, 0.15) is 63.4 Å². The van der Waals surface area contributed by atoms with Crippen LogP contribution in [0.2, 0.25) is 0 Å². The number of fused-ring (bicyclic) bond motifs is 1. The van der Waals surface area contributed by atoms with Crippen LogP contribution in [0.3, 0.4) is 0 Å². The molecule has 33 heavy (non-hydrogen) atoms. The number of rotatable bonds is 7. The largest absolute Gasteiger partial charge is 0.468 e. The van der Waals surface area contributed by atoms with Gasteiger partial charge < -0.3 is 9.40 Å². The summed E-state index contributed by atoms with van der Waals surface area (Å²) in [6.07, 6.45) is 1.67. The van der Waals surface area contributed by atoms with Crippen LogP contribution in [0.4, 0.5) is 0 Å². The van der Waals surface area contributed by atoms with Crippen molar-refractivity contribution < 1.29 is 4.42 Å². The van der Waals surface area contributed by atoms with Crippen molar-refractivity contribution in [2.45, 2.75) is 66.2 Å². The Hall–Kier alpha value is -3.26. The third-order valence-electron chi connectivity index (χ3n) is 5.90. The van der Waals surface area contributed by atoms with E-state index in [9.17, 15) is 4.79 Å². The lowest BCUT2D eigenvalue weighted by Gasteiger charge is -2.34. The number of aromatic nitrogens is 5. The minimum Gasteiger partial charge on any atom is -0.468 e. The molecule has 0 saturated heterocycles. The Bertz CT molecular complexity index is 1280. The van der Waals surface area contributed by atoms with E-state index in [-0.39, 0.29) is 23.1 Å². The summed E-state index contributed by atoms with van der Waals surface area (Å²) in [6, 6.07) is 11.7. The summed E-state index contributed by atoms with van der Waals surface area (Å²) < 4.78 is 7.55. The molecule has 174 valence electrons. The Morgan fingerprint density at radius 3 is 2.61 bits per heavy atom. The molecule has 0 bridgehead atoms. The number of aromatic amines is 1. The van der Waals surface area contributed by atoms with Crippen LogP contribution in [0, 0.1) is 12.8 Å². The molecular weight excluding hydrogens is 416 g/mol. The summed E-state index contributed by atoms with van der Waals surface area (Å²) in [5.74, 6) is 1.79. The Morgan fingerprint density at radius 1 is 1.15 bits per heavy atom. The molecule has 0 radical (unpaired) electrons. The summed E-state index contributed by atoms with van der Waals surface area (Å²) in [7, 11) is 0. The van der Waals surface area contributed by atoms with Gasteiger partial charge in [0.25, 0.3) is 5.56 Å². The standard InChI is InChI=1S/C25H32N6O2/c1-16(2)22(23-27-28-29-31(23)25(4,5)6)30(15-20-11-8-12-33-20)14-19-13-18-10-7-9-17(3)21(18)26-24(19)32/h7-13,16,22H,14-15H2,1-6H3,(H,26,32). The van der Waals surface area contributed by atoms with Gasteiger partial charge in [0.05, 0.1) is 29.9 Å². The van der Waals surface area contributed by atoms with Gasteiger partial charge in [-0.2, -0.15) is 0 Å². The van der Waals surface area contributed by atoms with Crippen molar-refractivity contribution in [3.8, 4) is 0 Å². The van der Waals surface area contributed by atoms with E-state index in [1.807, 2.05) is 48.0 Å². The SMILES string of the molecule is Cc1cccc2cc(CN(Cc3ccco3)C(c3nnnn3C(C)(C)C)C(C)C)c(=O)[nH]c12. The van der Waals surface area contributed by atoms with E-state index in [4.69, 9.17) is 4.42 Å². The van der Waals surface area contributed by atoms with E-state index in [1.54, 1.807) is 6.26 Å². The second-order valence-corrected chi connectivity index (χ2v) is 9.96. The van der Waals surface area contributed by atoms with Crippen LogP contribution < -0.4 is 5.56 Å². The summed E-state index contributed by atoms with van der Waals surface area (Å²) in [4.78, 5) is 18.4. The van der Waals surface area contributed by atoms with Crippen molar-refractivity contribution >= 4 is 10.9 Å². The molecule has 0 aliphatic carbocycles. The van der Waals surface area contributed by atoms with E-state index >= 15 is 0 Å². The average Bonchev–Trinajstić information content (AvgIpc) is 3.41. The Morgan fingerprint density at radius 2 is 1.94 bits per heavy atom. The predicted molar refractivity (Wildman–Crippen MR) is 128 cm³/mol. The van der Waals surface area contributed by atoms with Gasteiger partial charge in [-0.05, 0) is 73.2 Å². The molecule has 1 aromatic carbocycles. The summed E-state index contributed by atoms with van der Waals surface area (Å²) in [5.41, 5.74) is 2.26. The van der Waals surface area contributed by atoms with Crippen LogP contribution in [-0.2, 0) is 18.6 Å².